The number of carbonyl (C=O) groups excluding carboxylic acids is 1. The number of carboxylic acid groups (broad SMARTS) is 1. The third-order valence-corrected chi connectivity index (χ3v) is 4.04. The third kappa shape index (κ3) is 3.85. The molecule has 2 amide bonds. The van der Waals surface area contributed by atoms with Crippen LogP contribution in [0.4, 0.5) is 4.79 Å². The number of hydrogen-bond acceptors (Lipinski definition) is 3. The van der Waals surface area contributed by atoms with Crippen molar-refractivity contribution in [3.05, 3.63) is 0 Å². The van der Waals surface area contributed by atoms with Crippen LogP contribution in [-0.2, 0) is 9.53 Å². The molecule has 2 heterocycles. The number of carbonyl (C=O) groups is 2. The molecule has 0 aliphatic carbocycles. The molecule has 20 heavy (non-hydrogen) atoms. The standard InChI is InChI=1S/C14H24N2O4/c1-8(2)5-9(13(17)18)7-15-14(19)16-11-6-10-3-4-12(11)20-10/h8-12H,3-7H2,1-2H3,(H,17,18)(H2,15,16,19). The first-order valence-corrected chi connectivity index (χ1v) is 7.38. The molecule has 6 nitrogen and oxygen atoms in total. The summed E-state index contributed by atoms with van der Waals surface area (Å²) in [6.07, 6.45) is 3.94. The van der Waals surface area contributed by atoms with E-state index in [1.54, 1.807) is 0 Å². The van der Waals surface area contributed by atoms with Crippen LogP contribution in [0.25, 0.3) is 0 Å². The van der Waals surface area contributed by atoms with Gasteiger partial charge in [-0.25, -0.2) is 4.79 Å². The quantitative estimate of drug-likeness (QED) is 0.687. The van der Waals surface area contributed by atoms with Gasteiger partial charge in [0.1, 0.15) is 0 Å². The van der Waals surface area contributed by atoms with Gasteiger partial charge in [0.25, 0.3) is 0 Å². The molecule has 2 aliphatic heterocycles. The predicted molar refractivity (Wildman–Crippen MR) is 73.4 cm³/mol. The molecule has 4 atom stereocenters. The molecule has 6 heteroatoms. The van der Waals surface area contributed by atoms with Crippen molar-refractivity contribution in [3.8, 4) is 0 Å². The second-order valence-electron chi connectivity index (χ2n) is 6.24. The monoisotopic (exact) mass is 284 g/mol. The molecule has 2 bridgehead atoms. The maximum atomic E-state index is 11.8. The molecule has 2 rings (SSSR count). The minimum atomic E-state index is -0.859. The lowest BCUT2D eigenvalue weighted by molar-refractivity contribution is -0.142. The molecule has 0 radical (unpaired) electrons. The minimum absolute atomic E-state index is 0.0714. The fourth-order valence-corrected chi connectivity index (χ4v) is 3.07. The van der Waals surface area contributed by atoms with Crippen molar-refractivity contribution in [1.29, 1.82) is 0 Å². The molecule has 0 spiro atoms. The third-order valence-electron chi connectivity index (χ3n) is 4.04. The molecule has 0 aromatic heterocycles. The Morgan fingerprint density at radius 2 is 2.10 bits per heavy atom. The van der Waals surface area contributed by atoms with Gasteiger partial charge in [-0.2, -0.15) is 0 Å². The van der Waals surface area contributed by atoms with Crippen molar-refractivity contribution in [2.75, 3.05) is 6.54 Å². The average Bonchev–Trinajstić information content (AvgIpc) is 2.95. The predicted octanol–water partition coefficient (Wildman–Crippen LogP) is 1.35. The number of aliphatic carboxylic acids is 1. The van der Waals surface area contributed by atoms with E-state index in [1.165, 1.54) is 0 Å². The van der Waals surface area contributed by atoms with E-state index in [0.717, 1.165) is 19.3 Å². The van der Waals surface area contributed by atoms with E-state index >= 15 is 0 Å². The van der Waals surface area contributed by atoms with Gasteiger partial charge in [-0.15, -0.1) is 0 Å². The van der Waals surface area contributed by atoms with Crippen LogP contribution in [0.3, 0.4) is 0 Å². The molecule has 0 aromatic rings. The molecule has 4 unspecified atom stereocenters. The average molecular weight is 284 g/mol. The largest absolute Gasteiger partial charge is 0.481 e. The van der Waals surface area contributed by atoms with Crippen LogP contribution in [0.5, 0.6) is 0 Å². The van der Waals surface area contributed by atoms with E-state index < -0.39 is 11.9 Å². The van der Waals surface area contributed by atoms with Gasteiger partial charge in [-0.05, 0) is 31.6 Å². The smallest absolute Gasteiger partial charge is 0.315 e. The number of amides is 2. The summed E-state index contributed by atoms with van der Waals surface area (Å²) in [5, 5.41) is 14.7. The number of ether oxygens (including phenoxy) is 1. The summed E-state index contributed by atoms with van der Waals surface area (Å²) < 4.78 is 5.67. The molecule has 114 valence electrons. The van der Waals surface area contributed by atoms with Gasteiger partial charge in [-0.3, -0.25) is 4.79 Å². The maximum absolute atomic E-state index is 11.8. The van der Waals surface area contributed by atoms with E-state index in [2.05, 4.69) is 10.6 Å². The SMILES string of the molecule is CC(C)CC(CNC(=O)NC1CC2CCC1O2)C(=O)O. The molecule has 2 saturated heterocycles. The molecular weight excluding hydrogens is 260 g/mol. The summed E-state index contributed by atoms with van der Waals surface area (Å²) in [5.74, 6) is -1.10. The van der Waals surface area contributed by atoms with E-state index in [4.69, 9.17) is 9.84 Å². The van der Waals surface area contributed by atoms with Crippen molar-refractivity contribution in [1.82, 2.24) is 10.6 Å². The van der Waals surface area contributed by atoms with E-state index in [9.17, 15) is 9.59 Å². The molecule has 0 aromatic carbocycles. The number of fused-ring (bicyclic) bond motifs is 2. The van der Waals surface area contributed by atoms with Crippen LogP contribution in [0, 0.1) is 11.8 Å². The lowest BCUT2D eigenvalue weighted by Gasteiger charge is -2.21. The van der Waals surface area contributed by atoms with Crippen LogP contribution in [0.2, 0.25) is 0 Å². The maximum Gasteiger partial charge on any atom is 0.315 e. The summed E-state index contributed by atoms with van der Waals surface area (Å²) in [7, 11) is 0. The van der Waals surface area contributed by atoms with Gasteiger partial charge in [0.05, 0.1) is 24.2 Å². The summed E-state index contributed by atoms with van der Waals surface area (Å²) in [4.78, 5) is 22.9. The van der Waals surface area contributed by atoms with Crippen molar-refractivity contribution in [2.45, 2.75) is 57.8 Å². The summed E-state index contributed by atoms with van der Waals surface area (Å²) in [6.45, 7) is 4.12. The Hall–Kier alpha value is -1.30. The minimum Gasteiger partial charge on any atom is -0.481 e. The fourth-order valence-electron chi connectivity index (χ4n) is 3.07. The Labute approximate surface area is 119 Å². The second kappa shape index (κ2) is 6.43. The van der Waals surface area contributed by atoms with Gasteiger partial charge < -0.3 is 20.5 Å². The highest BCUT2D eigenvalue weighted by atomic mass is 16.5. The highest BCUT2D eigenvalue weighted by Crippen LogP contribution is 2.34. The number of hydrogen-bond donors (Lipinski definition) is 3. The molecule has 2 fully saturated rings. The Balaban J connectivity index is 1.72. The van der Waals surface area contributed by atoms with E-state index in [1.807, 2.05) is 13.8 Å². The van der Waals surface area contributed by atoms with Gasteiger partial charge in [0.2, 0.25) is 0 Å². The molecule has 3 N–H and O–H groups in total. The Morgan fingerprint density at radius 3 is 2.60 bits per heavy atom. The lowest BCUT2D eigenvalue weighted by Crippen LogP contribution is -2.48. The van der Waals surface area contributed by atoms with Gasteiger partial charge in [0.15, 0.2) is 0 Å². The molecule has 2 aliphatic rings. The first-order valence-electron chi connectivity index (χ1n) is 7.38. The zero-order valence-electron chi connectivity index (χ0n) is 12.1. The number of rotatable bonds is 6. The van der Waals surface area contributed by atoms with Gasteiger partial charge in [-0.1, -0.05) is 13.8 Å². The number of nitrogens with one attached hydrogen (secondary N) is 2. The second-order valence-corrected chi connectivity index (χ2v) is 6.24. The van der Waals surface area contributed by atoms with E-state index in [0.29, 0.717) is 12.3 Å². The van der Waals surface area contributed by atoms with Crippen molar-refractivity contribution < 1.29 is 19.4 Å². The highest BCUT2D eigenvalue weighted by Gasteiger charge is 2.41. The highest BCUT2D eigenvalue weighted by molar-refractivity contribution is 5.76. The van der Waals surface area contributed by atoms with Crippen molar-refractivity contribution >= 4 is 12.0 Å². The van der Waals surface area contributed by atoms with Crippen LogP contribution < -0.4 is 10.6 Å². The van der Waals surface area contributed by atoms with Crippen LogP contribution >= 0.6 is 0 Å². The van der Waals surface area contributed by atoms with Crippen LogP contribution in [0.15, 0.2) is 0 Å². The Bertz CT molecular complexity index is 372. The normalized spacial score (nSPS) is 29.4. The van der Waals surface area contributed by atoms with Crippen molar-refractivity contribution in [2.24, 2.45) is 11.8 Å². The summed E-state index contributed by atoms with van der Waals surface area (Å²) in [5.41, 5.74) is 0. The molecule has 0 saturated carbocycles. The zero-order valence-corrected chi connectivity index (χ0v) is 12.1. The number of urea groups is 1. The molecular formula is C14H24N2O4. The topological polar surface area (TPSA) is 87.7 Å². The lowest BCUT2D eigenvalue weighted by atomic mass is 9.95. The van der Waals surface area contributed by atoms with Crippen LogP contribution in [0.1, 0.15) is 39.5 Å². The van der Waals surface area contributed by atoms with Gasteiger partial charge in [0, 0.05) is 6.54 Å². The first kappa shape index (κ1) is 15.1. The number of carboxylic acids is 1. The van der Waals surface area contributed by atoms with Crippen molar-refractivity contribution in [3.63, 3.8) is 0 Å². The first-order chi connectivity index (χ1) is 9.45. The Morgan fingerprint density at radius 1 is 1.35 bits per heavy atom. The summed E-state index contributed by atoms with van der Waals surface area (Å²) >= 11 is 0. The zero-order chi connectivity index (χ0) is 14.7. The van der Waals surface area contributed by atoms with Crippen LogP contribution in [-0.4, -0.2) is 41.9 Å². The fraction of sp³-hybridized carbons (Fsp3) is 0.857. The van der Waals surface area contributed by atoms with E-state index in [-0.39, 0.29) is 30.8 Å². The summed E-state index contributed by atoms with van der Waals surface area (Å²) in [6, 6.07) is -0.219. The Kier molecular flexibility index (Phi) is 4.86. The van der Waals surface area contributed by atoms with Gasteiger partial charge >= 0.3 is 12.0 Å².